The maximum absolute atomic E-state index is 13.2. The standard InChI is InChI=1S/C24H25NO5S/c1-12(2)30-24(29)20-17(14-6-4-5-13(3)9-14)11-31-22(20)25-21(26)18-15-7-8-16(10-15)19(18)23(27)28/h4-9,11-12,15-16,18-19H,10H2,1-3H3,(H,25,26)(H,27,28)/t15-,16-,18-,19+/m0/s1. The summed E-state index contributed by atoms with van der Waals surface area (Å²) in [5.74, 6) is -3.42. The van der Waals surface area contributed by atoms with Crippen molar-refractivity contribution in [3.05, 3.63) is 52.9 Å². The maximum atomic E-state index is 13.2. The van der Waals surface area contributed by atoms with Crippen LogP contribution in [-0.4, -0.2) is 29.1 Å². The average Bonchev–Trinajstić information content (AvgIpc) is 3.41. The van der Waals surface area contributed by atoms with Gasteiger partial charge in [-0.05, 0) is 44.6 Å². The predicted molar refractivity (Wildman–Crippen MR) is 119 cm³/mol. The van der Waals surface area contributed by atoms with Crippen molar-refractivity contribution in [3.63, 3.8) is 0 Å². The Morgan fingerprint density at radius 2 is 1.87 bits per heavy atom. The van der Waals surface area contributed by atoms with Crippen LogP contribution in [0.15, 0.2) is 41.8 Å². The zero-order valence-electron chi connectivity index (χ0n) is 17.6. The molecule has 2 aliphatic carbocycles. The number of carbonyl (C=O) groups is 3. The van der Waals surface area contributed by atoms with Gasteiger partial charge < -0.3 is 15.2 Å². The molecule has 0 aliphatic heterocycles. The number of ether oxygens (including phenoxy) is 1. The minimum atomic E-state index is -0.955. The SMILES string of the molecule is Cc1cccc(-c2csc(NC(=O)[C@@H]3[C@H](C(=O)O)[C@H]4C=C[C@H]3C4)c2C(=O)OC(C)C)c1. The summed E-state index contributed by atoms with van der Waals surface area (Å²) in [7, 11) is 0. The average molecular weight is 440 g/mol. The number of aliphatic carboxylic acids is 1. The molecule has 31 heavy (non-hydrogen) atoms. The summed E-state index contributed by atoms with van der Waals surface area (Å²) in [4.78, 5) is 37.9. The third kappa shape index (κ3) is 4.02. The zero-order valence-corrected chi connectivity index (χ0v) is 18.4. The molecule has 1 amide bonds. The van der Waals surface area contributed by atoms with Crippen molar-refractivity contribution >= 4 is 34.2 Å². The van der Waals surface area contributed by atoms with Gasteiger partial charge in [0.05, 0.1) is 17.9 Å². The molecule has 1 aromatic heterocycles. The van der Waals surface area contributed by atoms with Crippen molar-refractivity contribution in [1.29, 1.82) is 0 Å². The molecule has 0 unspecified atom stereocenters. The summed E-state index contributed by atoms with van der Waals surface area (Å²) < 4.78 is 5.45. The second-order valence-electron chi connectivity index (χ2n) is 8.50. The number of anilines is 1. The van der Waals surface area contributed by atoms with Gasteiger partial charge in [0.25, 0.3) is 0 Å². The van der Waals surface area contributed by atoms with E-state index in [4.69, 9.17) is 4.74 Å². The van der Waals surface area contributed by atoms with Gasteiger partial charge in [0, 0.05) is 10.9 Å². The first-order valence-electron chi connectivity index (χ1n) is 10.4. The lowest BCUT2D eigenvalue weighted by molar-refractivity contribution is -0.146. The van der Waals surface area contributed by atoms with Crippen molar-refractivity contribution in [3.8, 4) is 11.1 Å². The van der Waals surface area contributed by atoms with E-state index in [0.29, 0.717) is 22.5 Å². The number of esters is 1. The lowest BCUT2D eigenvalue weighted by Crippen LogP contribution is -2.36. The van der Waals surface area contributed by atoms with Crippen LogP contribution in [0.5, 0.6) is 0 Å². The number of hydrogen-bond donors (Lipinski definition) is 2. The Morgan fingerprint density at radius 1 is 1.16 bits per heavy atom. The molecule has 162 valence electrons. The molecule has 1 aromatic carbocycles. The fourth-order valence-corrected chi connectivity index (χ4v) is 5.62. The molecule has 2 aromatic rings. The molecule has 4 rings (SSSR count). The lowest BCUT2D eigenvalue weighted by Gasteiger charge is -2.23. The number of carboxylic acid groups (broad SMARTS) is 1. The first kappa shape index (κ1) is 21.3. The fourth-order valence-electron chi connectivity index (χ4n) is 4.66. The Morgan fingerprint density at radius 3 is 2.52 bits per heavy atom. The van der Waals surface area contributed by atoms with E-state index in [0.717, 1.165) is 11.1 Å². The highest BCUT2D eigenvalue weighted by Gasteiger charge is 2.51. The molecule has 1 heterocycles. The quantitative estimate of drug-likeness (QED) is 0.500. The zero-order chi connectivity index (χ0) is 22.3. The fraction of sp³-hybridized carbons (Fsp3) is 0.375. The van der Waals surface area contributed by atoms with Gasteiger partial charge in [-0.2, -0.15) is 0 Å². The van der Waals surface area contributed by atoms with Crippen LogP contribution in [0, 0.1) is 30.6 Å². The summed E-state index contributed by atoms with van der Waals surface area (Å²) in [6.07, 6.45) is 4.21. The number of carbonyl (C=O) groups excluding carboxylic acids is 2. The van der Waals surface area contributed by atoms with Gasteiger partial charge in [-0.15, -0.1) is 11.3 Å². The van der Waals surface area contributed by atoms with Crippen molar-refractivity contribution < 1.29 is 24.2 Å². The van der Waals surface area contributed by atoms with E-state index in [1.165, 1.54) is 11.3 Å². The second kappa shape index (κ2) is 8.30. The van der Waals surface area contributed by atoms with Gasteiger partial charge in [-0.1, -0.05) is 42.0 Å². The Labute approximate surface area is 184 Å². The van der Waals surface area contributed by atoms with Crippen LogP contribution in [0.3, 0.4) is 0 Å². The largest absolute Gasteiger partial charge is 0.481 e. The highest BCUT2D eigenvalue weighted by atomic mass is 32.1. The summed E-state index contributed by atoms with van der Waals surface area (Å²) in [5.41, 5.74) is 2.91. The van der Waals surface area contributed by atoms with Crippen LogP contribution in [-0.2, 0) is 14.3 Å². The van der Waals surface area contributed by atoms with Crippen LogP contribution in [0.25, 0.3) is 11.1 Å². The van der Waals surface area contributed by atoms with Crippen LogP contribution in [0.1, 0.15) is 36.2 Å². The number of allylic oxidation sites excluding steroid dienone is 2. The van der Waals surface area contributed by atoms with E-state index < -0.39 is 23.8 Å². The number of hydrogen-bond acceptors (Lipinski definition) is 5. The topological polar surface area (TPSA) is 92.7 Å². The molecule has 1 fully saturated rings. The molecule has 4 atom stereocenters. The van der Waals surface area contributed by atoms with E-state index in [1.54, 1.807) is 13.8 Å². The van der Waals surface area contributed by atoms with Crippen molar-refractivity contribution in [2.45, 2.75) is 33.3 Å². The van der Waals surface area contributed by atoms with Crippen LogP contribution >= 0.6 is 11.3 Å². The van der Waals surface area contributed by atoms with Gasteiger partial charge in [-0.25, -0.2) is 4.79 Å². The molecule has 0 saturated heterocycles. The Hall–Kier alpha value is -2.93. The lowest BCUT2D eigenvalue weighted by atomic mass is 9.82. The summed E-state index contributed by atoms with van der Waals surface area (Å²) in [6.45, 7) is 5.52. The van der Waals surface area contributed by atoms with Crippen molar-refractivity contribution in [2.75, 3.05) is 5.32 Å². The van der Waals surface area contributed by atoms with E-state index in [1.807, 2.05) is 48.7 Å². The predicted octanol–water partition coefficient (Wildman–Crippen LogP) is 4.75. The number of nitrogens with one attached hydrogen (secondary N) is 1. The third-order valence-electron chi connectivity index (χ3n) is 5.95. The number of benzene rings is 1. The summed E-state index contributed by atoms with van der Waals surface area (Å²) in [6, 6.07) is 7.77. The Kier molecular flexibility index (Phi) is 5.71. The number of rotatable bonds is 6. The molecular formula is C24H25NO5S. The molecule has 0 radical (unpaired) electrons. The molecule has 0 spiro atoms. The number of aryl methyl sites for hydroxylation is 1. The summed E-state index contributed by atoms with van der Waals surface area (Å²) in [5, 5.41) is 14.7. The number of carboxylic acids is 1. The van der Waals surface area contributed by atoms with E-state index in [2.05, 4.69) is 5.32 Å². The van der Waals surface area contributed by atoms with Gasteiger partial charge in [0.15, 0.2) is 0 Å². The van der Waals surface area contributed by atoms with Gasteiger partial charge in [0.1, 0.15) is 10.6 Å². The Balaban J connectivity index is 1.68. The van der Waals surface area contributed by atoms with Gasteiger partial charge in [0.2, 0.25) is 5.91 Å². The molecule has 6 nitrogen and oxygen atoms in total. The number of thiophene rings is 1. The molecule has 7 heteroatoms. The highest BCUT2D eigenvalue weighted by Crippen LogP contribution is 2.49. The van der Waals surface area contributed by atoms with E-state index in [-0.39, 0.29) is 23.8 Å². The third-order valence-corrected chi connectivity index (χ3v) is 6.85. The minimum Gasteiger partial charge on any atom is -0.481 e. The molecule has 2 aliphatic rings. The normalized spacial score (nSPS) is 23.9. The van der Waals surface area contributed by atoms with E-state index in [9.17, 15) is 19.5 Å². The van der Waals surface area contributed by atoms with Crippen LogP contribution in [0.2, 0.25) is 0 Å². The molecular weight excluding hydrogens is 414 g/mol. The second-order valence-corrected chi connectivity index (χ2v) is 9.38. The smallest absolute Gasteiger partial charge is 0.342 e. The van der Waals surface area contributed by atoms with Crippen LogP contribution < -0.4 is 5.32 Å². The van der Waals surface area contributed by atoms with Crippen LogP contribution in [0.4, 0.5) is 5.00 Å². The van der Waals surface area contributed by atoms with Crippen molar-refractivity contribution in [2.24, 2.45) is 23.7 Å². The minimum absolute atomic E-state index is 0.0895. The summed E-state index contributed by atoms with van der Waals surface area (Å²) >= 11 is 1.25. The Bertz CT molecular complexity index is 1070. The highest BCUT2D eigenvalue weighted by molar-refractivity contribution is 7.15. The van der Waals surface area contributed by atoms with Gasteiger partial charge >= 0.3 is 11.9 Å². The number of fused-ring (bicyclic) bond motifs is 2. The van der Waals surface area contributed by atoms with Crippen molar-refractivity contribution in [1.82, 2.24) is 0 Å². The van der Waals surface area contributed by atoms with E-state index >= 15 is 0 Å². The molecule has 2 bridgehead atoms. The molecule has 1 saturated carbocycles. The maximum Gasteiger partial charge on any atom is 0.342 e. The number of amides is 1. The van der Waals surface area contributed by atoms with Gasteiger partial charge in [-0.3, -0.25) is 9.59 Å². The first-order valence-corrected chi connectivity index (χ1v) is 11.3. The molecule has 2 N–H and O–H groups in total. The first-order chi connectivity index (χ1) is 14.8. The monoisotopic (exact) mass is 439 g/mol.